The lowest BCUT2D eigenvalue weighted by Crippen LogP contribution is -2.10. The summed E-state index contributed by atoms with van der Waals surface area (Å²) in [7, 11) is 0. The van der Waals surface area contributed by atoms with Crippen LogP contribution in [-0.4, -0.2) is 24.3 Å². The van der Waals surface area contributed by atoms with Gasteiger partial charge in [-0.3, -0.25) is 9.48 Å². The van der Waals surface area contributed by atoms with E-state index in [0.29, 0.717) is 12.1 Å². The third kappa shape index (κ3) is 2.51. The van der Waals surface area contributed by atoms with Crippen molar-refractivity contribution in [2.45, 2.75) is 33.2 Å². The van der Waals surface area contributed by atoms with Crippen molar-refractivity contribution in [3.05, 3.63) is 27.8 Å². The molecule has 0 bridgehead atoms. The fourth-order valence-electron chi connectivity index (χ4n) is 1.72. The average molecular weight is 329 g/mol. The Bertz CT molecular complexity index is 550. The van der Waals surface area contributed by atoms with E-state index in [-0.39, 0.29) is 5.78 Å². The first kappa shape index (κ1) is 13.4. The van der Waals surface area contributed by atoms with Crippen LogP contribution >= 0.6 is 27.7 Å². The lowest BCUT2D eigenvalue weighted by Gasteiger charge is -2.03. The molecule has 0 unspecified atom stereocenters. The maximum atomic E-state index is 12.0. The number of aryl methyl sites for hydroxylation is 2. The molecule has 2 aromatic heterocycles. The predicted molar refractivity (Wildman–Crippen MR) is 72.9 cm³/mol. The quantitative estimate of drug-likeness (QED) is 0.791. The van der Waals surface area contributed by atoms with Crippen molar-refractivity contribution in [2.75, 3.05) is 0 Å². The summed E-state index contributed by atoms with van der Waals surface area (Å²) in [5.74, 6) is -0.0262. The van der Waals surface area contributed by atoms with Crippen LogP contribution in [0.4, 0.5) is 0 Å². The van der Waals surface area contributed by atoms with E-state index in [2.05, 4.69) is 29.8 Å². The fraction of sp³-hybridized carbons (Fsp3) is 0.455. The topological polar surface area (TPSA) is 60.7 Å². The first-order valence-corrected chi connectivity index (χ1v) is 7.24. The van der Waals surface area contributed by atoms with Gasteiger partial charge in [-0.2, -0.15) is 13.8 Å². The van der Waals surface area contributed by atoms with Crippen molar-refractivity contribution < 1.29 is 4.79 Å². The zero-order chi connectivity index (χ0) is 13.1. The van der Waals surface area contributed by atoms with Gasteiger partial charge in [-0.25, -0.2) is 0 Å². The van der Waals surface area contributed by atoms with Gasteiger partial charge in [0, 0.05) is 6.54 Å². The van der Waals surface area contributed by atoms with Crippen LogP contribution in [0.25, 0.3) is 0 Å². The summed E-state index contributed by atoms with van der Waals surface area (Å²) in [6, 6.07) is 0. The van der Waals surface area contributed by atoms with E-state index in [0.717, 1.165) is 40.6 Å². The Kier molecular flexibility index (Phi) is 4.23. The monoisotopic (exact) mass is 328 g/mol. The van der Waals surface area contributed by atoms with E-state index in [1.807, 2.05) is 18.5 Å². The highest BCUT2D eigenvalue weighted by molar-refractivity contribution is 9.10. The summed E-state index contributed by atoms with van der Waals surface area (Å²) in [6.07, 6.45) is 2.65. The first-order valence-electron chi connectivity index (χ1n) is 5.72. The maximum Gasteiger partial charge on any atom is 0.189 e. The molecular formula is C11H13BrN4OS. The second-order valence-corrected chi connectivity index (χ2v) is 5.12. The molecule has 0 radical (unpaired) electrons. The van der Waals surface area contributed by atoms with Gasteiger partial charge in [-0.1, -0.05) is 6.92 Å². The number of halogens is 1. The fourth-order valence-corrected chi connectivity index (χ4v) is 2.85. The molecule has 0 aliphatic rings. The first-order chi connectivity index (χ1) is 8.67. The van der Waals surface area contributed by atoms with Crippen LogP contribution in [0.15, 0.2) is 10.7 Å². The highest BCUT2D eigenvalue weighted by Crippen LogP contribution is 2.23. The Balaban J connectivity index is 2.28. The van der Waals surface area contributed by atoms with Gasteiger partial charge in [0.1, 0.15) is 5.69 Å². The van der Waals surface area contributed by atoms with Crippen LogP contribution in [0.1, 0.15) is 35.7 Å². The van der Waals surface area contributed by atoms with E-state index in [9.17, 15) is 4.79 Å². The van der Waals surface area contributed by atoms with Crippen LogP contribution in [0.2, 0.25) is 0 Å². The number of carbonyl (C=O) groups excluding carboxylic acids is 1. The zero-order valence-corrected chi connectivity index (χ0v) is 12.6. The maximum absolute atomic E-state index is 12.0. The zero-order valence-electron chi connectivity index (χ0n) is 10.2. The molecular weight excluding hydrogens is 316 g/mol. The Morgan fingerprint density at radius 2 is 2.28 bits per heavy atom. The molecule has 0 amide bonds. The Labute approximate surface area is 118 Å². The summed E-state index contributed by atoms with van der Waals surface area (Å²) in [6.45, 7) is 4.80. The van der Waals surface area contributed by atoms with Crippen molar-refractivity contribution in [3.63, 3.8) is 0 Å². The van der Waals surface area contributed by atoms with Gasteiger partial charge >= 0.3 is 0 Å². The van der Waals surface area contributed by atoms with Gasteiger partial charge < -0.3 is 0 Å². The lowest BCUT2D eigenvalue weighted by atomic mass is 10.1. The molecule has 0 fully saturated rings. The Morgan fingerprint density at radius 1 is 1.50 bits per heavy atom. The highest BCUT2D eigenvalue weighted by atomic mass is 79.9. The number of rotatable bonds is 5. The molecule has 5 nitrogen and oxygen atoms in total. The van der Waals surface area contributed by atoms with Gasteiger partial charge in [0.25, 0.3) is 0 Å². The van der Waals surface area contributed by atoms with Crippen LogP contribution in [0.3, 0.4) is 0 Å². The van der Waals surface area contributed by atoms with Crippen molar-refractivity contribution in [3.8, 4) is 0 Å². The van der Waals surface area contributed by atoms with Gasteiger partial charge in [0.15, 0.2) is 5.78 Å². The summed E-state index contributed by atoms with van der Waals surface area (Å²) in [5, 5.41) is 4.47. The lowest BCUT2D eigenvalue weighted by molar-refractivity contribution is 0.0986. The second-order valence-electron chi connectivity index (χ2n) is 3.77. The average Bonchev–Trinajstić information content (AvgIpc) is 2.99. The standard InChI is InChI=1S/C11H13BrN4OS/c1-3-7-11(12)9(16(4-2)14-7)5-10(17)8-6-13-18-15-8/h6H,3-5H2,1-2H3. The molecule has 2 aromatic rings. The molecule has 2 rings (SSSR count). The molecule has 2 heterocycles. The van der Waals surface area contributed by atoms with Crippen LogP contribution < -0.4 is 0 Å². The molecule has 0 spiro atoms. The molecule has 0 aromatic carbocycles. The van der Waals surface area contributed by atoms with Gasteiger partial charge in [-0.05, 0) is 29.3 Å². The van der Waals surface area contributed by atoms with E-state index in [1.54, 1.807) is 0 Å². The summed E-state index contributed by atoms with van der Waals surface area (Å²) >= 11 is 4.57. The van der Waals surface area contributed by atoms with Gasteiger partial charge in [-0.15, -0.1) is 0 Å². The van der Waals surface area contributed by atoms with Crippen molar-refractivity contribution in [1.82, 2.24) is 18.5 Å². The van der Waals surface area contributed by atoms with E-state index < -0.39 is 0 Å². The van der Waals surface area contributed by atoms with Crippen molar-refractivity contribution >= 4 is 33.4 Å². The smallest absolute Gasteiger partial charge is 0.189 e. The number of Topliss-reactive ketones (excluding diaryl/α,β-unsaturated/α-hetero) is 1. The number of hydrogen-bond donors (Lipinski definition) is 0. The number of hydrogen-bond acceptors (Lipinski definition) is 5. The Hall–Kier alpha value is -1.08. The predicted octanol–water partition coefficient (Wildman–Crippen LogP) is 2.50. The van der Waals surface area contributed by atoms with E-state index in [4.69, 9.17) is 0 Å². The number of nitrogens with zero attached hydrogens (tertiary/aromatic N) is 4. The second kappa shape index (κ2) is 5.71. The molecule has 96 valence electrons. The number of carbonyl (C=O) groups is 1. The molecule has 0 aliphatic carbocycles. The molecule has 0 N–H and O–H groups in total. The molecule has 18 heavy (non-hydrogen) atoms. The molecule has 7 heteroatoms. The minimum absolute atomic E-state index is 0.0262. The van der Waals surface area contributed by atoms with Crippen molar-refractivity contribution in [1.29, 1.82) is 0 Å². The third-order valence-electron chi connectivity index (χ3n) is 2.67. The molecule has 0 aliphatic heterocycles. The van der Waals surface area contributed by atoms with E-state index in [1.165, 1.54) is 6.20 Å². The molecule has 0 saturated heterocycles. The van der Waals surface area contributed by atoms with Crippen LogP contribution in [-0.2, 0) is 19.4 Å². The molecule has 0 atom stereocenters. The summed E-state index contributed by atoms with van der Waals surface area (Å²) in [4.78, 5) is 12.0. The summed E-state index contributed by atoms with van der Waals surface area (Å²) < 4.78 is 10.6. The van der Waals surface area contributed by atoms with E-state index >= 15 is 0 Å². The van der Waals surface area contributed by atoms with Crippen LogP contribution in [0, 0.1) is 0 Å². The van der Waals surface area contributed by atoms with Crippen LogP contribution in [0.5, 0.6) is 0 Å². The Morgan fingerprint density at radius 3 is 2.83 bits per heavy atom. The normalized spacial score (nSPS) is 10.8. The minimum Gasteiger partial charge on any atom is -0.292 e. The van der Waals surface area contributed by atoms with Gasteiger partial charge in [0.2, 0.25) is 0 Å². The highest BCUT2D eigenvalue weighted by Gasteiger charge is 2.18. The minimum atomic E-state index is -0.0262. The molecule has 0 saturated carbocycles. The summed E-state index contributed by atoms with van der Waals surface area (Å²) in [5.41, 5.74) is 2.32. The SMILES string of the molecule is CCc1nn(CC)c(CC(=O)c2cnsn2)c1Br. The number of ketones is 1. The largest absolute Gasteiger partial charge is 0.292 e. The number of aromatic nitrogens is 4. The van der Waals surface area contributed by atoms with Gasteiger partial charge in [0.05, 0.1) is 40.2 Å². The third-order valence-corrected chi connectivity index (χ3v) is 4.06. The van der Waals surface area contributed by atoms with Crippen molar-refractivity contribution in [2.24, 2.45) is 0 Å².